The van der Waals surface area contributed by atoms with Crippen molar-refractivity contribution in [3.63, 3.8) is 0 Å². The molecule has 0 aliphatic heterocycles. The van der Waals surface area contributed by atoms with Gasteiger partial charge in [-0.2, -0.15) is 0 Å². The highest BCUT2D eigenvalue weighted by atomic mass is 79.9. The van der Waals surface area contributed by atoms with Crippen LogP contribution in [0.2, 0.25) is 0 Å². The van der Waals surface area contributed by atoms with E-state index in [4.69, 9.17) is 5.73 Å². The summed E-state index contributed by atoms with van der Waals surface area (Å²) in [6.07, 6.45) is 0. The third-order valence-electron chi connectivity index (χ3n) is 2.48. The summed E-state index contributed by atoms with van der Waals surface area (Å²) in [6, 6.07) is 3.65. The standard InChI is InChI=1S/C13H20BrFN2/c1-13(2,3)8-17(4)10-6-5-9(7-16)11(14)12(10)15/h5-6H,7-8,16H2,1-4H3. The van der Waals surface area contributed by atoms with Crippen molar-refractivity contribution in [2.24, 2.45) is 11.1 Å². The van der Waals surface area contributed by atoms with E-state index in [1.165, 1.54) is 0 Å². The van der Waals surface area contributed by atoms with E-state index < -0.39 is 0 Å². The summed E-state index contributed by atoms with van der Waals surface area (Å²) >= 11 is 3.26. The number of nitrogens with zero attached hydrogens (tertiary/aromatic N) is 1. The van der Waals surface area contributed by atoms with Crippen LogP contribution in [0.1, 0.15) is 26.3 Å². The first-order valence-electron chi connectivity index (χ1n) is 5.64. The predicted octanol–water partition coefficient (Wildman–Crippen LogP) is 3.53. The van der Waals surface area contributed by atoms with Crippen LogP contribution in [0, 0.1) is 11.2 Å². The number of halogens is 2. The van der Waals surface area contributed by atoms with Gasteiger partial charge in [-0.1, -0.05) is 26.8 Å². The molecule has 0 amide bonds. The molecule has 96 valence electrons. The maximum atomic E-state index is 14.1. The highest BCUT2D eigenvalue weighted by Crippen LogP contribution is 2.30. The first-order chi connectivity index (χ1) is 7.76. The minimum absolute atomic E-state index is 0.125. The van der Waals surface area contributed by atoms with Gasteiger partial charge in [0, 0.05) is 20.1 Å². The minimum atomic E-state index is -0.236. The van der Waals surface area contributed by atoms with E-state index in [2.05, 4.69) is 36.7 Å². The van der Waals surface area contributed by atoms with Crippen LogP contribution in [0.5, 0.6) is 0 Å². The largest absolute Gasteiger partial charge is 0.372 e. The van der Waals surface area contributed by atoms with Crippen LogP contribution >= 0.6 is 15.9 Å². The molecule has 0 atom stereocenters. The van der Waals surface area contributed by atoms with Gasteiger partial charge in [0.2, 0.25) is 0 Å². The highest BCUT2D eigenvalue weighted by molar-refractivity contribution is 9.10. The van der Waals surface area contributed by atoms with E-state index in [0.29, 0.717) is 16.7 Å². The molecule has 0 saturated heterocycles. The second-order valence-electron chi connectivity index (χ2n) is 5.49. The quantitative estimate of drug-likeness (QED) is 0.925. The zero-order chi connectivity index (χ0) is 13.2. The Morgan fingerprint density at radius 1 is 1.35 bits per heavy atom. The summed E-state index contributed by atoms with van der Waals surface area (Å²) in [5.74, 6) is -0.236. The monoisotopic (exact) mass is 302 g/mol. The molecule has 0 saturated carbocycles. The van der Waals surface area contributed by atoms with Gasteiger partial charge in [-0.05, 0) is 33.0 Å². The van der Waals surface area contributed by atoms with Crippen LogP contribution in [0.3, 0.4) is 0 Å². The number of rotatable bonds is 3. The maximum Gasteiger partial charge on any atom is 0.160 e. The summed E-state index contributed by atoms with van der Waals surface area (Å²) in [6.45, 7) is 7.51. The van der Waals surface area contributed by atoms with Crippen molar-refractivity contribution >= 4 is 21.6 Å². The van der Waals surface area contributed by atoms with Gasteiger partial charge >= 0.3 is 0 Å². The Morgan fingerprint density at radius 3 is 2.41 bits per heavy atom. The van der Waals surface area contributed by atoms with Gasteiger partial charge in [-0.3, -0.25) is 0 Å². The van der Waals surface area contributed by atoms with Crippen molar-refractivity contribution in [3.8, 4) is 0 Å². The van der Waals surface area contributed by atoms with E-state index in [1.807, 2.05) is 18.0 Å². The minimum Gasteiger partial charge on any atom is -0.372 e. The van der Waals surface area contributed by atoms with Gasteiger partial charge in [-0.25, -0.2) is 4.39 Å². The van der Waals surface area contributed by atoms with Crippen molar-refractivity contribution in [2.45, 2.75) is 27.3 Å². The molecular formula is C13H20BrFN2. The molecular weight excluding hydrogens is 283 g/mol. The highest BCUT2D eigenvalue weighted by Gasteiger charge is 2.18. The Hall–Kier alpha value is -0.610. The molecule has 0 unspecified atom stereocenters. The average Bonchev–Trinajstić information content (AvgIpc) is 2.19. The lowest BCUT2D eigenvalue weighted by molar-refractivity contribution is 0.416. The van der Waals surface area contributed by atoms with Crippen LogP contribution in [-0.2, 0) is 6.54 Å². The summed E-state index contributed by atoms with van der Waals surface area (Å²) < 4.78 is 14.6. The van der Waals surface area contributed by atoms with Crippen molar-refractivity contribution in [2.75, 3.05) is 18.5 Å². The Balaban J connectivity index is 3.03. The molecule has 0 heterocycles. The molecule has 2 N–H and O–H groups in total. The fraction of sp³-hybridized carbons (Fsp3) is 0.538. The van der Waals surface area contributed by atoms with Gasteiger partial charge in [0.05, 0.1) is 10.2 Å². The maximum absolute atomic E-state index is 14.1. The van der Waals surface area contributed by atoms with Crippen LogP contribution in [-0.4, -0.2) is 13.6 Å². The third-order valence-corrected chi connectivity index (χ3v) is 3.34. The molecule has 0 aliphatic carbocycles. The number of hydrogen-bond acceptors (Lipinski definition) is 2. The molecule has 2 nitrogen and oxygen atoms in total. The molecule has 1 aromatic carbocycles. The lowest BCUT2D eigenvalue weighted by Crippen LogP contribution is -2.29. The first-order valence-corrected chi connectivity index (χ1v) is 6.43. The van der Waals surface area contributed by atoms with Crippen LogP contribution in [0.4, 0.5) is 10.1 Å². The van der Waals surface area contributed by atoms with Gasteiger partial charge in [-0.15, -0.1) is 0 Å². The van der Waals surface area contributed by atoms with Crippen molar-refractivity contribution < 1.29 is 4.39 Å². The zero-order valence-electron chi connectivity index (χ0n) is 10.8. The topological polar surface area (TPSA) is 29.3 Å². The van der Waals surface area contributed by atoms with Crippen LogP contribution < -0.4 is 10.6 Å². The molecule has 1 aromatic rings. The number of anilines is 1. The Morgan fingerprint density at radius 2 is 1.94 bits per heavy atom. The Labute approximate surface area is 111 Å². The number of nitrogens with two attached hydrogens (primary N) is 1. The fourth-order valence-electron chi connectivity index (χ4n) is 1.83. The smallest absolute Gasteiger partial charge is 0.160 e. The van der Waals surface area contributed by atoms with Crippen molar-refractivity contribution in [3.05, 3.63) is 28.0 Å². The molecule has 4 heteroatoms. The molecule has 1 rings (SSSR count). The van der Waals surface area contributed by atoms with E-state index in [1.54, 1.807) is 6.07 Å². The summed E-state index contributed by atoms with van der Waals surface area (Å²) in [5.41, 5.74) is 7.05. The van der Waals surface area contributed by atoms with Gasteiger partial charge in [0.1, 0.15) is 0 Å². The van der Waals surface area contributed by atoms with Crippen LogP contribution in [0.15, 0.2) is 16.6 Å². The lowest BCUT2D eigenvalue weighted by atomic mass is 9.96. The second-order valence-corrected chi connectivity index (χ2v) is 6.29. The molecule has 17 heavy (non-hydrogen) atoms. The molecule has 0 bridgehead atoms. The number of benzene rings is 1. The summed E-state index contributed by atoms with van der Waals surface area (Å²) in [7, 11) is 1.90. The van der Waals surface area contributed by atoms with Gasteiger partial charge < -0.3 is 10.6 Å². The molecule has 0 aliphatic rings. The van der Waals surface area contributed by atoms with Gasteiger partial charge in [0.15, 0.2) is 5.82 Å². The van der Waals surface area contributed by atoms with Gasteiger partial charge in [0.25, 0.3) is 0 Å². The van der Waals surface area contributed by atoms with E-state index in [9.17, 15) is 4.39 Å². The molecule has 0 radical (unpaired) electrons. The Bertz CT molecular complexity index is 399. The second kappa shape index (κ2) is 5.36. The summed E-state index contributed by atoms with van der Waals surface area (Å²) in [5, 5.41) is 0. The normalized spacial score (nSPS) is 11.7. The third kappa shape index (κ3) is 3.68. The fourth-order valence-corrected chi connectivity index (χ4v) is 2.33. The summed E-state index contributed by atoms with van der Waals surface area (Å²) in [4.78, 5) is 1.93. The Kier molecular flexibility index (Phi) is 4.55. The molecule has 0 spiro atoms. The van der Waals surface area contributed by atoms with E-state index >= 15 is 0 Å². The first kappa shape index (κ1) is 14.5. The van der Waals surface area contributed by atoms with E-state index in [0.717, 1.165) is 12.1 Å². The SMILES string of the molecule is CN(CC(C)(C)C)c1ccc(CN)c(Br)c1F. The molecule has 0 aromatic heterocycles. The molecule has 0 fully saturated rings. The number of hydrogen-bond donors (Lipinski definition) is 1. The zero-order valence-corrected chi connectivity index (χ0v) is 12.4. The lowest BCUT2D eigenvalue weighted by Gasteiger charge is -2.29. The average molecular weight is 303 g/mol. The van der Waals surface area contributed by atoms with Crippen LogP contribution in [0.25, 0.3) is 0 Å². The van der Waals surface area contributed by atoms with Crippen molar-refractivity contribution in [1.82, 2.24) is 0 Å². The van der Waals surface area contributed by atoms with E-state index in [-0.39, 0.29) is 11.2 Å². The van der Waals surface area contributed by atoms with Crippen molar-refractivity contribution in [1.29, 1.82) is 0 Å². The predicted molar refractivity (Wildman–Crippen MR) is 74.7 cm³/mol.